The van der Waals surface area contributed by atoms with Gasteiger partial charge in [0.25, 0.3) is 0 Å². The summed E-state index contributed by atoms with van der Waals surface area (Å²) >= 11 is 0. The van der Waals surface area contributed by atoms with E-state index in [-0.39, 0.29) is 24.4 Å². The number of hydrogen-bond acceptors (Lipinski definition) is 5. The van der Waals surface area contributed by atoms with Crippen molar-refractivity contribution >= 4 is 5.78 Å². The number of ether oxygens (including phenoxy) is 2. The predicted molar refractivity (Wildman–Crippen MR) is 61.4 cm³/mol. The number of carbonyl (C=O) groups is 1. The van der Waals surface area contributed by atoms with E-state index in [1.165, 1.54) is 6.92 Å². The number of carbonyl (C=O) groups excluding carboxylic acids is 1. The monoisotopic (exact) mass is 246 g/mol. The van der Waals surface area contributed by atoms with Crippen molar-refractivity contribution in [2.75, 3.05) is 0 Å². The summed E-state index contributed by atoms with van der Waals surface area (Å²) < 4.78 is 10.9. The Morgan fingerprint density at radius 3 is 2.71 bits per heavy atom. The van der Waals surface area contributed by atoms with E-state index in [2.05, 4.69) is 0 Å². The van der Waals surface area contributed by atoms with Crippen LogP contribution in [0.3, 0.4) is 0 Å². The molecule has 1 rings (SSSR count). The lowest BCUT2D eigenvalue weighted by Crippen LogP contribution is -2.48. The highest BCUT2D eigenvalue weighted by Gasteiger charge is 2.35. The molecule has 17 heavy (non-hydrogen) atoms. The molecule has 5 nitrogen and oxygen atoms in total. The highest BCUT2D eigenvalue weighted by molar-refractivity contribution is 5.75. The standard InChI is InChI=1S/C12H22O5/c1-7(13)4-5-8(2)16-12-11(15)6-10(14)9(3)17-12/h8-12,14-15H,4-6H2,1-3H3/t8-,9?,10-,11+,12?/m1/s1. The average molecular weight is 246 g/mol. The fraction of sp³-hybridized carbons (Fsp3) is 0.917. The Hall–Kier alpha value is -0.490. The summed E-state index contributed by atoms with van der Waals surface area (Å²) in [4.78, 5) is 10.8. The van der Waals surface area contributed by atoms with Crippen LogP contribution in [0, 0.1) is 0 Å². The van der Waals surface area contributed by atoms with E-state index in [9.17, 15) is 15.0 Å². The first-order valence-corrected chi connectivity index (χ1v) is 6.06. The first kappa shape index (κ1) is 14.6. The van der Waals surface area contributed by atoms with E-state index < -0.39 is 18.5 Å². The minimum Gasteiger partial charge on any atom is -0.390 e. The van der Waals surface area contributed by atoms with E-state index in [0.29, 0.717) is 12.8 Å². The molecule has 0 spiro atoms. The van der Waals surface area contributed by atoms with Gasteiger partial charge in [0.05, 0.1) is 18.3 Å². The van der Waals surface area contributed by atoms with Crippen molar-refractivity contribution < 1.29 is 24.5 Å². The van der Waals surface area contributed by atoms with Crippen molar-refractivity contribution in [1.29, 1.82) is 0 Å². The molecular weight excluding hydrogens is 224 g/mol. The Morgan fingerprint density at radius 2 is 2.12 bits per heavy atom. The van der Waals surface area contributed by atoms with Crippen LogP contribution in [-0.2, 0) is 14.3 Å². The van der Waals surface area contributed by atoms with Crippen LogP contribution in [0.15, 0.2) is 0 Å². The Morgan fingerprint density at radius 1 is 1.47 bits per heavy atom. The summed E-state index contributed by atoms with van der Waals surface area (Å²) in [6.45, 7) is 5.12. The Labute approximate surface area is 102 Å². The maximum atomic E-state index is 10.8. The number of aliphatic hydroxyl groups is 2. The van der Waals surface area contributed by atoms with Gasteiger partial charge in [0.2, 0.25) is 0 Å². The van der Waals surface area contributed by atoms with Gasteiger partial charge < -0.3 is 24.5 Å². The zero-order chi connectivity index (χ0) is 13.0. The maximum absolute atomic E-state index is 10.8. The molecule has 0 amide bonds. The van der Waals surface area contributed by atoms with Crippen LogP contribution in [0.4, 0.5) is 0 Å². The maximum Gasteiger partial charge on any atom is 0.184 e. The fourth-order valence-electron chi connectivity index (χ4n) is 1.77. The Kier molecular flexibility index (Phi) is 5.52. The third-order valence-electron chi connectivity index (χ3n) is 2.96. The summed E-state index contributed by atoms with van der Waals surface area (Å²) in [7, 11) is 0. The lowest BCUT2D eigenvalue weighted by atomic mass is 10.0. The molecule has 1 fully saturated rings. The summed E-state index contributed by atoms with van der Waals surface area (Å²) in [6, 6.07) is 0. The molecule has 1 aliphatic heterocycles. The van der Waals surface area contributed by atoms with E-state index in [0.717, 1.165) is 0 Å². The number of rotatable bonds is 5. The molecule has 2 N–H and O–H groups in total. The van der Waals surface area contributed by atoms with Gasteiger partial charge in [-0.25, -0.2) is 0 Å². The summed E-state index contributed by atoms with van der Waals surface area (Å²) in [5.41, 5.74) is 0. The highest BCUT2D eigenvalue weighted by Crippen LogP contribution is 2.22. The molecule has 0 radical (unpaired) electrons. The highest BCUT2D eigenvalue weighted by atomic mass is 16.7. The Balaban J connectivity index is 2.37. The number of Topliss-reactive ketones (excluding diaryl/α,β-unsaturated/α-hetero) is 1. The molecule has 100 valence electrons. The molecule has 1 aliphatic rings. The van der Waals surface area contributed by atoms with Crippen molar-refractivity contribution in [2.24, 2.45) is 0 Å². The molecular formula is C12H22O5. The minimum absolute atomic E-state index is 0.120. The summed E-state index contributed by atoms with van der Waals surface area (Å²) in [5.74, 6) is 0.120. The van der Waals surface area contributed by atoms with Gasteiger partial charge in [-0.3, -0.25) is 0 Å². The number of ketones is 1. The third-order valence-corrected chi connectivity index (χ3v) is 2.96. The van der Waals surface area contributed by atoms with E-state index >= 15 is 0 Å². The normalized spacial score (nSPS) is 35.6. The number of aliphatic hydroxyl groups excluding tert-OH is 2. The quantitative estimate of drug-likeness (QED) is 0.743. The topological polar surface area (TPSA) is 76.0 Å². The first-order valence-electron chi connectivity index (χ1n) is 6.06. The first-order chi connectivity index (χ1) is 7.90. The second-order valence-electron chi connectivity index (χ2n) is 4.77. The smallest absolute Gasteiger partial charge is 0.184 e. The average Bonchev–Trinajstić information content (AvgIpc) is 2.23. The molecule has 0 saturated carbocycles. The summed E-state index contributed by atoms with van der Waals surface area (Å²) in [6.07, 6.45) is -1.36. The summed E-state index contributed by atoms with van der Waals surface area (Å²) in [5, 5.41) is 19.2. The van der Waals surface area contributed by atoms with E-state index in [4.69, 9.17) is 9.47 Å². The molecule has 0 aromatic carbocycles. The van der Waals surface area contributed by atoms with Gasteiger partial charge >= 0.3 is 0 Å². The minimum atomic E-state index is -0.819. The lowest BCUT2D eigenvalue weighted by Gasteiger charge is -2.36. The van der Waals surface area contributed by atoms with E-state index in [1.807, 2.05) is 6.92 Å². The number of hydrogen-bond donors (Lipinski definition) is 2. The van der Waals surface area contributed by atoms with Crippen molar-refractivity contribution in [3.8, 4) is 0 Å². The predicted octanol–water partition coefficient (Wildman–Crippen LogP) is 0.617. The van der Waals surface area contributed by atoms with Gasteiger partial charge in [-0.05, 0) is 27.2 Å². The molecule has 1 saturated heterocycles. The Bertz CT molecular complexity index is 255. The van der Waals surface area contributed by atoms with Gasteiger partial charge in [-0.15, -0.1) is 0 Å². The second-order valence-corrected chi connectivity index (χ2v) is 4.77. The molecule has 2 unspecified atom stereocenters. The molecule has 0 aromatic heterocycles. The second kappa shape index (κ2) is 6.44. The molecule has 1 heterocycles. The van der Waals surface area contributed by atoms with E-state index in [1.54, 1.807) is 6.92 Å². The van der Waals surface area contributed by atoms with Gasteiger partial charge in [-0.2, -0.15) is 0 Å². The van der Waals surface area contributed by atoms with Crippen molar-refractivity contribution in [2.45, 2.75) is 70.7 Å². The van der Waals surface area contributed by atoms with Crippen molar-refractivity contribution in [3.63, 3.8) is 0 Å². The molecule has 5 atom stereocenters. The van der Waals surface area contributed by atoms with Crippen molar-refractivity contribution in [3.05, 3.63) is 0 Å². The van der Waals surface area contributed by atoms with Crippen LogP contribution >= 0.6 is 0 Å². The van der Waals surface area contributed by atoms with Crippen LogP contribution in [-0.4, -0.2) is 46.7 Å². The third kappa shape index (κ3) is 4.71. The largest absolute Gasteiger partial charge is 0.390 e. The SMILES string of the molecule is CC(=O)CC[C@@H](C)OC1OC(C)[C@H](O)C[C@@H]1O. The van der Waals surface area contributed by atoms with Crippen LogP contribution in [0.25, 0.3) is 0 Å². The van der Waals surface area contributed by atoms with Crippen LogP contribution in [0.5, 0.6) is 0 Å². The fourth-order valence-corrected chi connectivity index (χ4v) is 1.77. The zero-order valence-corrected chi connectivity index (χ0v) is 10.6. The molecule has 0 aliphatic carbocycles. The van der Waals surface area contributed by atoms with Crippen LogP contribution in [0.2, 0.25) is 0 Å². The van der Waals surface area contributed by atoms with Crippen LogP contribution < -0.4 is 0 Å². The van der Waals surface area contributed by atoms with Gasteiger partial charge in [0.1, 0.15) is 11.9 Å². The molecule has 0 bridgehead atoms. The van der Waals surface area contributed by atoms with Crippen molar-refractivity contribution in [1.82, 2.24) is 0 Å². The zero-order valence-electron chi connectivity index (χ0n) is 10.6. The van der Waals surface area contributed by atoms with Gasteiger partial charge in [-0.1, -0.05) is 0 Å². The lowest BCUT2D eigenvalue weighted by molar-refractivity contribution is -0.273. The van der Waals surface area contributed by atoms with Gasteiger partial charge in [0.15, 0.2) is 6.29 Å². The molecule has 5 heteroatoms. The van der Waals surface area contributed by atoms with Crippen LogP contribution in [0.1, 0.15) is 40.0 Å². The van der Waals surface area contributed by atoms with Gasteiger partial charge in [0, 0.05) is 12.8 Å². The molecule has 0 aromatic rings.